The summed E-state index contributed by atoms with van der Waals surface area (Å²) in [5.41, 5.74) is 0. The molecule has 0 amide bonds. The lowest BCUT2D eigenvalue weighted by Crippen LogP contribution is -2.33. The number of fused-ring (bicyclic) bond motifs is 1. The molecule has 1 aliphatic carbocycles. The summed E-state index contributed by atoms with van der Waals surface area (Å²) in [6.45, 7) is 1.84. The number of hydrogen-bond acceptors (Lipinski definition) is 3. The molecule has 2 rings (SSSR count). The van der Waals surface area contributed by atoms with Crippen molar-refractivity contribution >= 4 is 5.78 Å². The van der Waals surface area contributed by atoms with Gasteiger partial charge in [0.2, 0.25) is 0 Å². The zero-order valence-electron chi connectivity index (χ0n) is 5.78. The molecule has 1 N–H and O–H groups in total. The van der Waals surface area contributed by atoms with E-state index in [1.807, 2.05) is 6.92 Å². The van der Waals surface area contributed by atoms with E-state index in [0.717, 1.165) is 0 Å². The van der Waals surface area contributed by atoms with Crippen LogP contribution in [0.1, 0.15) is 13.3 Å². The second kappa shape index (κ2) is 1.80. The van der Waals surface area contributed by atoms with E-state index in [1.165, 1.54) is 0 Å². The van der Waals surface area contributed by atoms with Crippen LogP contribution in [-0.2, 0) is 9.53 Å². The van der Waals surface area contributed by atoms with E-state index in [9.17, 15) is 9.90 Å². The van der Waals surface area contributed by atoms with Gasteiger partial charge in [-0.05, 0) is 6.42 Å². The molecule has 0 aromatic carbocycles. The van der Waals surface area contributed by atoms with Gasteiger partial charge in [0.25, 0.3) is 0 Å². The van der Waals surface area contributed by atoms with Gasteiger partial charge in [0.05, 0.1) is 6.10 Å². The lowest BCUT2D eigenvalue weighted by molar-refractivity contribution is -0.125. The number of aliphatic hydroxyl groups is 1. The van der Waals surface area contributed by atoms with Crippen molar-refractivity contribution < 1.29 is 14.6 Å². The number of hydrogen-bond donors (Lipinski definition) is 1. The third-order valence-corrected chi connectivity index (χ3v) is 2.27. The Labute approximate surface area is 59.0 Å². The number of aliphatic hydroxyl groups excluding tert-OH is 1. The van der Waals surface area contributed by atoms with Crippen molar-refractivity contribution in [1.29, 1.82) is 0 Å². The lowest BCUT2D eigenvalue weighted by Gasteiger charge is -2.16. The number of epoxide rings is 1. The van der Waals surface area contributed by atoms with E-state index in [2.05, 4.69) is 0 Å². The number of ketones is 1. The normalized spacial score (nSPS) is 52.4. The quantitative estimate of drug-likeness (QED) is 0.473. The predicted octanol–water partition coefficient (Wildman–Crippen LogP) is -0.276. The average molecular weight is 142 g/mol. The van der Waals surface area contributed by atoms with Crippen LogP contribution in [0.15, 0.2) is 0 Å². The minimum atomic E-state index is -0.405. The Bertz CT molecular complexity index is 174. The Balaban J connectivity index is 2.12. The van der Waals surface area contributed by atoms with Gasteiger partial charge < -0.3 is 9.84 Å². The summed E-state index contributed by atoms with van der Waals surface area (Å²) in [7, 11) is 0. The largest absolute Gasteiger partial charge is 0.390 e. The van der Waals surface area contributed by atoms with Crippen LogP contribution in [0.5, 0.6) is 0 Å². The van der Waals surface area contributed by atoms with Crippen molar-refractivity contribution in [3.63, 3.8) is 0 Å². The van der Waals surface area contributed by atoms with Crippen molar-refractivity contribution in [2.24, 2.45) is 5.92 Å². The maximum absolute atomic E-state index is 11.1. The molecule has 0 spiro atoms. The summed E-state index contributed by atoms with van der Waals surface area (Å²) in [6, 6.07) is 0. The molecule has 1 saturated heterocycles. The maximum Gasteiger partial charge on any atom is 0.167 e. The van der Waals surface area contributed by atoms with Gasteiger partial charge in [0, 0.05) is 5.92 Å². The summed E-state index contributed by atoms with van der Waals surface area (Å²) >= 11 is 0. The van der Waals surface area contributed by atoms with E-state index in [1.54, 1.807) is 0 Å². The Morgan fingerprint density at radius 3 is 3.10 bits per heavy atom. The van der Waals surface area contributed by atoms with E-state index in [0.29, 0.717) is 6.42 Å². The minimum Gasteiger partial charge on any atom is -0.390 e. The first kappa shape index (κ1) is 6.31. The highest BCUT2D eigenvalue weighted by molar-refractivity contribution is 5.89. The summed E-state index contributed by atoms with van der Waals surface area (Å²) in [6.07, 6.45) is -0.264. The summed E-state index contributed by atoms with van der Waals surface area (Å²) in [5, 5.41) is 9.23. The number of rotatable bonds is 0. The summed E-state index contributed by atoms with van der Waals surface area (Å²) in [5.74, 6) is 0.147. The zero-order chi connectivity index (χ0) is 7.30. The third-order valence-electron chi connectivity index (χ3n) is 2.27. The molecule has 1 saturated carbocycles. The van der Waals surface area contributed by atoms with E-state index in [4.69, 9.17) is 4.74 Å². The second-order valence-electron chi connectivity index (χ2n) is 3.13. The fourth-order valence-corrected chi connectivity index (χ4v) is 1.54. The van der Waals surface area contributed by atoms with Crippen molar-refractivity contribution in [3.8, 4) is 0 Å². The zero-order valence-corrected chi connectivity index (χ0v) is 5.78. The molecular weight excluding hydrogens is 132 g/mol. The molecule has 0 unspecified atom stereocenters. The first-order chi connectivity index (χ1) is 4.70. The van der Waals surface area contributed by atoms with E-state index in [-0.39, 0.29) is 23.9 Å². The Hall–Kier alpha value is -0.410. The molecule has 3 heteroatoms. The highest BCUT2D eigenvalue weighted by atomic mass is 16.6. The third kappa shape index (κ3) is 0.707. The molecule has 0 aromatic rings. The van der Waals surface area contributed by atoms with Gasteiger partial charge in [-0.25, -0.2) is 0 Å². The first-order valence-corrected chi connectivity index (χ1v) is 3.57. The predicted molar refractivity (Wildman–Crippen MR) is 33.5 cm³/mol. The number of ether oxygens (including phenoxy) is 1. The van der Waals surface area contributed by atoms with Gasteiger partial charge >= 0.3 is 0 Å². The van der Waals surface area contributed by atoms with Gasteiger partial charge in [0.1, 0.15) is 12.2 Å². The first-order valence-electron chi connectivity index (χ1n) is 3.57. The van der Waals surface area contributed by atoms with Crippen molar-refractivity contribution in [1.82, 2.24) is 0 Å². The fraction of sp³-hybridized carbons (Fsp3) is 0.857. The standard InChI is InChI=1S/C7H10O3/c1-3-2-4(8)6-7(10-6)5(3)9/h3-4,6-8H,2H2,1H3/t3-,4+,6-,7+/m1/s1. The van der Waals surface area contributed by atoms with Gasteiger partial charge in [-0.1, -0.05) is 6.92 Å². The summed E-state index contributed by atoms with van der Waals surface area (Å²) < 4.78 is 4.97. The van der Waals surface area contributed by atoms with Gasteiger partial charge in [0.15, 0.2) is 5.78 Å². The highest BCUT2D eigenvalue weighted by Crippen LogP contribution is 2.36. The molecule has 0 radical (unpaired) electrons. The number of carbonyl (C=O) groups is 1. The molecule has 4 atom stereocenters. The Kier molecular flexibility index (Phi) is 1.13. The smallest absolute Gasteiger partial charge is 0.167 e. The molecular formula is C7H10O3. The molecule has 56 valence electrons. The molecule has 0 aromatic heterocycles. The molecule has 0 bridgehead atoms. The highest BCUT2D eigenvalue weighted by Gasteiger charge is 2.54. The number of carbonyl (C=O) groups excluding carboxylic acids is 1. The lowest BCUT2D eigenvalue weighted by atomic mass is 9.88. The molecule has 1 aliphatic heterocycles. The van der Waals surface area contributed by atoms with Gasteiger partial charge in [-0.3, -0.25) is 4.79 Å². The summed E-state index contributed by atoms with van der Waals surface area (Å²) in [4.78, 5) is 11.1. The van der Waals surface area contributed by atoms with Crippen LogP contribution in [0.3, 0.4) is 0 Å². The van der Waals surface area contributed by atoms with Crippen molar-refractivity contribution in [3.05, 3.63) is 0 Å². The molecule has 1 heterocycles. The van der Waals surface area contributed by atoms with Crippen LogP contribution >= 0.6 is 0 Å². The van der Waals surface area contributed by atoms with Gasteiger partial charge in [-0.15, -0.1) is 0 Å². The minimum absolute atomic E-state index is 0.0150. The molecule has 2 fully saturated rings. The van der Waals surface area contributed by atoms with Crippen LogP contribution < -0.4 is 0 Å². The van der Waals surface area contributed by atoms with Crippen LogP contribution in [0, 0.1) is 5.92 Å². The van der Waals surface area contributed by atoms with Crippen molar-refractivity contribution in [2.45, 2.75) is 31.7 Å². The molecule has 10 heavy (non-hydrogen) atoms. The van der Waals surface area contributed by atoms with Crippen molar-refractivity contribution in [2.75, 3.05) is 0 Å². The van der Waals surface area contributed by atoms with Gasteiger partial charge in [-0.2, -0.15) is 0 Å². The fourth-order valence-electron chi connectivity index (χ4n) is 1.54. The number of Topliss-reactive ketones (excluding diaryl/α,β-unsaturated/α-hetero) is 1. The Morgan fingerprint density at radius 1 is 1.70 bits per heavy atom. The SMILES string of the molecule is C[C@@H]1C[C@H](O)[C@H]2O[C@H]2C1=O. The second-order valence-corrected chi connectivity index (χ2v) is 3.13. The van der Waals surface area contributed by atoms with E-state index >= 15 is 0 Å². The van der Waals surface area contributed by atoms with Crippen LogP contribution in [0.25, 0.3) is 0 Å². The monoisotopic (exact) mass is 142 g/mol. The Morgan fingerprint density at radius 2 is 2.40 bits per heavy atom. The topological polar surface area (TPSA) is 49.8 Å². The molecule has 3 nitrogen and oxygen atoms in total. The van der Waals surface area contributed by atoms with E-state index < -0.39 is 6.10 Å². The van der Waals surface area contributed by atoms with Crippen LogP contribution in [-0.4, -0.2) is 29.2 Å². The average Bonchev–Trinajstić information content (AvgIpc) is 2.61. The van der Waals surface area contributed by atoms with Crippen LogP contribution in [0.2, 0.25) is 0 Å². The molecule has 2 aliphatic rings. The van der Waals surface area contributed by atoms with Crippen LogP contribution in [0.4, 0.5) is 0 Å². The maximum atomic E-state index is 11.1.